The van der Waals surface area contributed by atoms with Crippen molar-refractivity contribution in [1.29, 1.82) is 0 Å². The minimum absolute atomic E-state index is 0.0227. The Hall–Kier alpha value is -1.40. The first-order valence-electron chi connectivity index (χ1n) is 35.5. The van der Waals surface area contributed by atoms with Crippen LogP contribution in [-0.2, 0) is 14.3 Å². The Kier molecular flexibility index (Phi) is 65.9. The molecule has 0 rings (SSSR count). The summed E-state index contributed by atoms with van der Waals surface area (Å²) in [6.07, 6.45) is 83.1. The van der Waals surface area contributed by atoms with E-state index in [-0.39, 0.29) is 18.5 Å². The second-order valence-electron chi connectivity index (χ2n) is 24.6. The Morgan fingerprint density at radius 2 is 0.597 bits per heavy atom. The van der Waals surface area contributed by atoms with Gasteiger partial charge in [0, 0.05) is 12.8 Å². The number of esters is 1. The summed E-state index contributed by atoms with van der Waals surface area (Å²) < 4.78 is 5.48. The highest BCUT2D eigenvalue weighted by atomic mass is 16.5. The molecule has 6 nitrogen and oxygen atoms in total. The van der Waals surface area contributed by atoms with Gasteiger partial charge in [-0.15, -0.1) is 0 Å². The highest BCUT2D eigenvalue weighted by Crippen LogP contribution is 2.19. The molecular formula is C71H139NO5. The summed E-state index contributed by atoms with van der Waals surface area (Å²) >= 11 is 0. The first-order chi connectivity index (χ1) is 38.0. The average Bonchev–Trinajstić information content (AvgIpc) is 3.43. The van der Waals surface area contributed by atoms with E-state index in [1.165, 1.54) is 340 Å². The first kappa shape index (κ1) is 75.6. The van der Waals surface area contributed by atoms with Gasteiger partial charge in [-0.05, 0) is 32.1 Å². The lowest BCUT2D eigenvalue weighted by Gasteiger charge is -2.20. The molecule has 0 saturated heterocycles. The van der Waals surface area contributed by atoms with Gasteiger partial charge in [0.25, 0.3) is 0 Å². The van der Waals surface area contributed by atoms with Crippen molar-refractivity contribution in [3.63, 3.8) is 0 Å². The Morgan fingerprint density at radius 3 is 0.883 bits per heavy atom. The number of hydrogen-bond acceptors (Lipinski definition) is 5. The van der Waals surface area contributed by atoms with Gasteiger partial charge in [0.05, 0.1) is 25.4 Å². The molecule has 458 valence electrons. The molecule has 0 heterocycles. The molecule has 0 aliphatic rings. The lowest BCUT2D eigenvalue weighted by molar-refractivity contribution is -0.143. The molecule has 0 aromatic heterocycles. The predicted molar refractivity (Wildman–Crippen MR) is 338 cm³/mol. The quantitative estimate of drug-likeness (QED) is 0.0320. The topological polar surface area (TPSA) is 95.9 Å². The smallest absolute Gasteiger partial charge is 0.305 e. The Balaban J connectivity index is 3.31. The molecule has 0 spiro atoms. The van der Waals surface area contributed by atoms with E-state index < -0.39 is 12.1 Å². The summed E-state index contributed by atoms with van der Waals surface area (Å²) in [5.41, 5.74) is 0. The van der Waals surface area contributed by atoms with E-state index in [4.69, 9.17) is 4.74 Å². The van der Waals surface area contributed by atoms with E-state index in [1.54, 1.807) is 6.08 Å². The van der Waals surface area contributed by atoms with Crippen LogP contribution in [0.15, 0.2) is 12.2 Å². The van der Waals surface area contributed by atoms with Gasteiger partial charge in [-0.1, -0.05) is 373 Å². The second-order valence-corrected chi connectivity index (χ2v) is 24.6. The van der Waals surface area contributed by atoms with Crippen LogP contribution in [0.25, 0.3) is 0 Å². The minimum atomic E-state index is -0.839. The van der Waals surface area contributed by atoms with E-state index in [2.05, 4.69) is 19.2 Å². The zero-order chi connectivity index (χ0) is 55.7. The van der Waals surface area contributed by atoms with Crippen molar-refractivity contribution in [2.24, 2.45) is 0 Å². The number of carbonyl (C=O) groups is 2. The number of aliphatic hydroxyl groups is 2. The summed E-state index contributed by atoms with van der Waals surface area (Å²) in [7, 11) is 0. The van der Waals surface area contributed by atoms with Gasteiger partial charge in [0.15, 0.2) is 0 Å². The number of unbranched alkanes of at least 4 members (excludes halogenated alkanes) is 56. The van der Waals surface area contributed by atoms with Crippen LogP contribution in [0.5, 0.6) is 0 Å². The Bertz CT molecular complexity index is 1160. The molecule has 0 aromatic rings. The van der Waals surface area contributed by atoms with Crippen LogP contribution in [0.1, 0.15) is 406 Å². The molecule has 2 atom stereocenters. The van der Waals surface area contributed by atoms with Gasteiger partial charge in [0.2, 0.25) is 5.91 Å². The van der Waals surface area contributed by atoms with Crippen molar-refractivity contribution < 1.29 is 24.5 Å². The molecule has 77 heavy (non-hydrogen) atoms. The maximum Gasteiger partial charge on any atom is 0.305 e. The van der Waals surface area contributed by atoms with Crippen molar-refractivity contribution in [3.05, 3.63) is 12.2 Å². The van der Waals surface area contributed by atoms with Crippen molar-refractivity contribution in [2.75, 3.05) is 13.2 Å². The number of hydrogen-bond donors (Lipinski definition) is 3. The van der Waals surface area contributed by atoms with Crippen molar-refractivity contribution in [2.45, 2.75) is 418 Å². The fourth-order valence-corrected chi connectivity index (χ4v) is 11.4. The van der Waals surface area contributed by atoms with Gasteiger partial charge in [-0.2, -0.15) is 0 Å². The zero-order valence-corrected chi connectivity index (χ0v) is 52.5. The Morgan fingerprint density at radius 1 is 0.351 bits per heavy atom. The number of allylic oxidation sites excluding steroid dienone is 1. The maximum absolute atomic E-state index is 12.5. The van der Waals surface area contributed by atoms with E-state index in [9.17, 15) is 19.8 Å². The molecule has 2 unspecified atom stereocenters. The largest absolute Gasteiger partial charge is 0.466 e. The van der Waals surface area contributed by atoms with Gasteiger partial charge < -0.3 is 20.3 Å². The zero-order valence-electron chi connectivity index (χ0n) is 52.5. The van der Waals surface area contributed by atoms with Gasteiger partial charge >= 0.3 is 5.97 Å². The monoisotopic (exact) mass is 1090 g/mol. The molecule has 0 bridgehead atoms. The minimum Gasteiger partial charge on any atom is -0.466 e. The van der Waals surface area contributed by atoms with Crippen LogP contribution >= 0.6 is 0 Å². The van der Waals surface area contributed by atoms with Crippen molar-refractivity contribution in [3.8, 4) is 0 Å². The molecule has 0 fully saturated rings. The lowest BCUT2D eigenvalue weighted by Crippen LogP contribution is -2.45. The van der Waals surface area contributed by atoms with Gasteiger partial charge in [0.1, 0.15) is 0 Å². The highest BCUT2D eigenvalue weighted by molar-refractivity contribution is 5.76. The van der Waals surface area contributed by atoms with E-state index in [1.807, 2.05) is 6.08 Å². The number of amides is 1. The van der Waals surface area contributed by atoms with Crippen LogP contribution in [-0.4, -0.2) is 47.4 Å². The van der Waals surface area contributed by atoms with Crippen molar-refractivity contribution >= 4 is 11.9 Å². The summed E-state index contributed by atoms with van der Waals surface area (Å²) in [5, 5.41) is 23.1. The molecule has 0 aliphatic carbocycles. The van der Waals surface area contributed by atoms with Crippen LogP contribution < -0.4 is 5.32 Å². The number of aliphatic hydroxyl groups excluding tert-OH is 2. The van der Waals surface area contributed by atoms with Crippen LogP contribution in [0.3, 0.4) is 0 Å². The fraction of sp³-hybridized carbons (Fsp3) is 0.944. The average molecular weight is 1090 g/mol. The standard InChI is InChI=1S/C71H139NO5/c1-3-5-7-9-11-13-15-16-40-44-47-51-55-59-63-69(74)68(67-73)72-70(75)64-60-56-52-48-45-41-38-36-34-32-30-28-26-24-22-20-18-17-19-21-23-25-27-29-31-33-35-37-39-42-46-50-54-58-62-66-77-71(76)65-61-57-53-49-43-14-12-10-8-6-4-2/h59,63,68-69,73-74H,3-58,60-62,64-67H2,1-2H3,(H,72,75)/b63-59+. The van der Waals surface area contributed by atoms with Gasteiger partial charge in [-0.25, -0.2) is 0 Å². The van der Waals surface area contributed by atoms with Crippen molar-refractivity contribution in [1.82, 2.24) is 5.32 Å². The van der Waals surface area contributed by atoms with E-state index in [0.717, 1.165) is 38.5 Å². The molecule has 6 heteroatoms. The summed E-state index contributed by atoms with van der Waals surface area (Å²) in [6, 6.07) is -0.622. The van der Waals surface area contributed by atoms with Crippen LogP contribution in [0, 0.1) is 0 Å². The van der Waals surface area contributed by atoms with E-state index in [0.29, 0.717) is 19.4 Å². The third-order valence-corrected chi connectivity index (χ3v) is 16.8. The molecule has 1 amide bonds. The molecule has 0 radical (unpaired) electrons. The highest BCUT2D eigenvalue weighted by Gasteiger charge is 2.18. The Labute approximate surface area is 482 Å². The number of ether oxygens (including phenoxy) is 1. The third kappa shape index (κ3) is 63.6. The molecule has 3 N–H and O–H groups in total. The van der Waals surface area contributed by atoms with E-state index >= 15 is 0 Å². The molecular weight excluding hydrogens is 947 g/mol. The normalized spacial score (nSPS) is 12.5. The fourth-order valence-electron chi connectivity index (χ4n) is 11.4. The van der Waals surface area contributed by atoms with Gasteiger partial charge in [-0.3, -0.25) is 9.59 Å². The number of nitrogens with one attached hydrogen (secondary N) is 1. The van der Waals surface area contributed by atoms with Crippen LogP contribution in [0.2, 0.25) is 0 Å². The number of rotatable bonds is 67. The summed E-state index contributed by atoms with van der Waals surface area (Å²) in [6.45, 7) is 4.94. The third-order valence-electron chi connectivity index (χ3n) is 16.8. The number of carbonyl (C=O) groups excluding carboxylic acids is 2. The molecule has 0 saturated carbocycles. The molecule has 0 aliphatic heterocycles. The van der Waals surface area contributed by atoms with Crippen LogP contribution in [0.4, 0.5) is 0 Å². The summed E-state index contributed by atoms with van der Waals surface area (Å²) in [5.74, 6) is -0.0374. The summed E-state index contributed by atoms with van der Waals surface area (Å²) in [4.78, 5) is 24.5. The predicted octanol–water partition coefficient (Wildman–Crippen LogP) is 22.8. The maximum atomic E-state index is 12.5. The first-order valence-corrected chi connectivity index (χ1v) is 35.5. The SMILES string of the molecule is CCCCCCCCCCCCCC/C=C/C(O)C(CO)NC(=O)CCCCCCCCCCCCCCCCCCCCCCCCCCCCCCCCCCCCCOC(=O)CCCCCCCCCCCCC. The lowest BCUT2D eigenvalue weighted by atomic mass is 10.0. The second kappa shape index (κ2) is 67.1. The molecule has 0 aromatic carbocycles.